The summed E-state index contributed by atoms with van der Waals surface area (Å²) in [5, 5.41) is 3.20. The third-order valence-electron chi connectivity index (χ3n) is 5.55. The number of methoxy groups -OCH3 is 1. The minimum atomic E-state index is -0.610. The Kier molecular flexibility index (Phi) is 8.45. The SMILES string of the molecule is COc1ccc(N=C2SC(C(=O)Nc3ccccc3Cl)CC(=O)N2CCCc2ccccc2)cc1. The van der Waals surface area contributed by atoms with Gasteiger partial charge in [0, 0.05) is 13.0 Å². The normalized spacial score (nSPS) is 16.9. The number of nitrogens with one attached hydrogen (secondary N) is 1. The van der Waals surface area contributed by atoms with Crippen LogP contribution < -0.4 is 10.1 Å². The first kappa shape index (κ1) is 24.8. The lowest BCUT2D eigenvalue weighted by atomic mass is 10.1. The fourth-order valence-electron chi connectivity index (χ4n) is 3.69. The van der Waals surface area contributed by atoms with Gasteiger partial charge in [0.1, 0.15) is 11.0 Å². The topological polar surface area (TPSA) is 71.0 Å². The molecule has 0 saturated carbocycles. The number of aryl methyl sites for hydroxylation is 1. The first-order chi connectivity index (χ1) is 17.0. The third kappa shape index (κ3) is 6.65. The maximum atomic E-state index is 13.2. The second-order valence-electron chi connectivity index (χ2n) is 8.01. The van der Waals surface area contributed by atoms with E-state index in [0.717, 1.165) is 18.6 Å². The lowest BCUT2D eigenvalue weighted by Crippen LogP contribution is -2.45. The zero-order valence-corrected chi connectivity index (χ0v) is 20.9. The molecule has 1 heterocycles. The Labute approximate surface area is 214 Å². The quantitative estimate of drug-likeness (QED) is 0.409. The van der Waals surface area contributed by atoms with Gasteiger partial charge in [-0.05, 0) is 54.8 Å². The maximum Gasteiger partial charge on any atom is 0.238 e. The Balaban J connectivity index is 1.52. The number of carbonyl (C=O) groups is 2. The molecule has 0 radical (unpaired) electrons. The maximum absolute atomic E-state index is 13.2. The van der Waals surface area contributed by atoms with Gasteiger partial charge in [0.05, 0.1) is 23.5 Å². The van der Waals surface area contributed by atoms with E-state index in [-0.39, 0.29) is 18.2 Å². The van der Waals surface area contributed by atoms with Crippen LogP contribution in [0.25, 0.3) is 0 Å². The van der Waals surface area contributed by atoms with Crippen molar-refractivity contribution in [1.29, 1.82) is 0 Å². The van der Waals surface area contributed by atoms with E-state index in [1.807, 2.05) is 42.5 Å². The summed E-state index contributed by atoms with van der Waals surface area (Å²) in [5.74, 6) is 0.323. The number of halogens is 1. The van der Waals surface area contributed by atoms with Crippen LogP contribution in [0, 0.1) is 0 Å². The number of nitrogens with zero attached hydrogens (tertiary/aromatic N) is 2. The second kappa shape index (κ2) is 11.9. The van der Waals surface area contributed by atoms with Crippen molar-refractivity contribution in [2.45, 2.75) is 24.5 Å². The molecule has 0 spiro atoms. The Morgan fingerprint density at radius 3 is 2.51 bits per heavy atom. The van der Waals surface area contributed by atoms with Crippen LogP contribution in [-0.4, -0.2) is 40.8 Å². The first-order valence-electron chi connectivity index (χ1n) is 11.3. The number of hydrogen-bond acceptors (Lipinski definition) is 5. The first-order valence-corrected chi connectivity index (χ1v) is 12.6. The number of amides is 2. The van der Waals surface area contributed by atoms with E-state index in [2.05, 4.69) is 17.4 Å². The van der Waals surface area contributed by atoms with Crippen molar-refractivity contribution in [1.82, 2.24) is 4.90 Å². The van der Waals surface area contributed by atoms with Gasteiger partial charge >= 0.3 is 0 Å². The number of anilines is 1. The van der Waals surface area contributed by atoms with Gasteiger partial charge in [-0.2, -0.15) is 0 Å². The fraction of sp³-hybridized carbons (Fsp3) is 0.222. The zero-order valence-electron chi connectivity index (χ0n) is 19.3. The molecule has 180 valence electrons. The van der Waals surface area contributed by atoms with Gasteiger partial charge in [-0.25, -0.2) is 4.99 Å². The molecule has 3 aromatic rings. The minimum Gasteiger partial charge on any atom is -0.497 e. The van der Waals surface area contributed by atoms with Gasteiger partial charge in [-0.15, -0.1) is 0 Å². The van der Waals surface area contributed by atoms with Gasteiger partial charge < -0.3 is 10.1 Å². The number of carbonyl (C=O) groups excluding carboxylic acids is 2. The van der Waals surface area contributed by atoms with Crippen LogP contribution in [-0.2, 0) is 16.0 Å². The summed E-state index contributed by atoms with van der Waals surface area (Å²) in [6.07, 6.45) is 1.73. The van der Waals surface area contributed by atoms with Crippen LogP contribution in [0.2, 0.25) is 5.02 Å². The van der Waals surface area contributed by atoms with E-state index in [0.29, 0.717) is 28.1 Å². The Hall–Kier alpha value is -3.29. The molecule has 0 aromatic heterocycles. The number of hydrogen-bond donors (Lipinski definition) is 1. The summed E-state index contributed by atoms with van der Waals surface area (Å²) in [7, 11) is 1.60. The summed E-state index contributed by atoms with van der Waals surface area (Å²) in [4.78, 5) is 32.6. The standard InChI is InChI=1S/C27H26ClN3O3S/c1-34-21-15-13-20(14-16-21)29-27-31(17-7-10-19-8-3-2-4-9-19)25(32)18-24(35-27)26(33)30-23-12-6-5-11-22(23)28/h2-6,8-9,11-16,24H,7,10,17-18H2,1H3,(H,30,33). The van der Waals surface area contributed by atoms with Crippen molar-refractivity contribution < 1.29 is 14.3 Å². The molecule has 8 heteroatoms. The zero-order chi connectivity index (χ0) is 24.6. The van der Waals surface area contributed by atoms with Crippen molar-refractivity contribution >= 4 is 51.7 Å². The molecule has 1 aliphatic heterocycles. The molecule has 0 bridgehead atoms. The molecule has 1 aliphatic rings. The molecular weight excluding hydrogens is 482 g/mol. The highest BCUT2D eigenvalue weighted by Gasteiger charge is 2.35. The van der Waals surface area contributed by atoms with E-state index in [4.69, 9.17) is 21.3 Å². The van der Waals surface area contributed by atoms with Crippen molar-refractivity contribution in [2.75, 3.05) is 19.0 Å². The van der Waals surface area contributed by atoms with Gasteiger partial charge in [-0.3, -0.25) is 14.5 Å². The lowest BCUT2D eigenvalue weighted by Gasteiger charge is -2.32. The van der Waals surface area contributed by atoms with Gasteiger partial charge in [0.15, 0.2) is 5.17 Å². The molecule has 0 aliphatic carbocycles. The molecule has 1 unspecified atom stereocenters. The molecule has 1 atom stereocenters. The Morgan fingerprint density at radius 2 is 1.80 bits per heavy atom. The summed E-state index contributed by atoms with van der Waals surface area (Å²) in [6, 6.07) is 24.5. The van der Waals surface area contributed by atoms with E-state index in [9.17, 15) is 9.59 Å². The molecule has 35 heavy (non-hydrogen) atoms. The largest absolute Gasteiger partial charge is 0.497 e. The summed E-state index contributed by atoms with van der Waals surface area (Å²) >= 11 is 7.49. The Morgan fingerprint density at radius 1 is 1.09 bits per heavy atom. The number of amidine groups is 1. The van der Waals surface area contributed by atoms with Crippen LogP contribution in [0.5, 0.6) is 5.75 Å². The highest BCUT2D eigenvalue weighted by atomic mass is 35.5. The predicted molar refractivity (Wildman–Crippen MR) is 143 cm³/mol. The smallest absolute Gasteiger partial charge is 0.238 e. The van der Waals surface area contributed by atoms with Crippen LogP contribution in [0.4, 0.5) is 11.4 Å². The molecule has 4 rings (SSSR count). The number of ether oxygens (including phenoxy) is 1. The number of rotatable bonds is 8. The van der Waals surface area contributed by atoms with E-state index >= 15 is 0 Å². The van der Waals surface area contributed by atoms with Crippen LogP contribution in [0.15, 0.2) is 83.9 Å². The third-order valence-corrected chi connectivity index (χ3v) is 7.07. The summed E-state index contributed by atoms with van der Waals surface area (Å²) < 4.78 is 5.23. The lowest BCUT2D eigenvalue weighted by molar-refractivity contribution is -0.129. The molecule has 2 amide bonds. The fourth-order valence-corrected chi connectivity index (χ4v) is 5.00. The molecule has 3 aromatic carbocycles. The number of aliphatic imine (C=N–C) groups is 1. The second-order valence-corrected chi connectivity index (χ2v) is 9.58. The van der Waals surface area contributed by atoms with Crippen molar-refractivity contribution in [3.63, 3.8) is 0 Å². The number of benzene rings is 3. The highest BCUT2D eigenvalue weighted by Crippen LogP contribution is 2.31. The van der Waals surface area contributed by atoms with Crippen molar-refractivity contribution in [3.05, 3.63) is 89.4 Å². The average Bonchev–Trinajstić information content (AvgIpc) is 2.88. The van der Waals surface area contributed by atoms with Crippen molar-refractivity contribution in [3.8, 4) is 5.75 Å². The minimum absolute atomic E-state index is 0.0912. The predicted octanol–water partition coefficient (Wildman–Crippen LogP) is 5.94. The van der Waals surface area contributed by atoms with Crippen molar-refractivity contribution in [2.24, 2.45) is 4.99 Å². The summed E-state index contributed by atoms with van der Waals surface area (Å²) in [5.41, 5.74) is 2.42. The molecule has 6 nitrogen and oxygen atoms in total. The van der Waals surface area contributed by atoms with Gasteiger partial charge in [-0.1, -0.05) is 65.8 Å². The monoisotopic (exact) mass is 507 g/mol. The van der Waals surface area contributed by atoms with E-state index < -0.39 is 5.25 Å². The van der Waals surface area contributed by atoms with Crippen LogP contribution in [0.1, 0.15) is 18.4 Å². The molecule has 1 N–H and O–H groups in total. The Bertz CT molecular complexity index is 1200. The van der Waals surface area contributed by atoms with E-state index in [1.54, 1.807) is 36.3 Å². The van der Waals surface area contributed by atoms with E-state index in [1.165, 1.54) is 17.3 Å². The van der Waals surface area contributed by atoms with Gasteiger partial charge in [0.2, 0.25) is 11.8 Å². The van der Waals surface area contributed by atoms with Gasteiger partial charge in [0.25, 0.3) is 0 Å². The summed E-state index contributed by atoms with van der Waals surface area (Å²) in [6.45, 7) is 0.522. The van der Waals surface area contributed by atoms with Crippen LogP contribution in [0.3, 0.4) is 0 Å². The van der Waals surface area contributed by atoms with Crippen LogP contribution >= 0.6 is 23.4 Å². The molecular formula is C27H26ClN3O3S. The average molecular weight is 508 g/mol. The molecule has 1 fully saturated rings. The number of para-hydroxylation sites is 1. The highest BCUT2D eigenvalue weighted by molar-refractivity contribution is 8.15. The molecule has 1 saturated heterocycles. The number of thioether (sulfide) groups is 1.